The van der Waals surface area contributed by atoms with Crippen molar-refractivity contribution in [1.82, 2.24) is 0 Å². The van der Waals surface area contributed by atoms with E-state index in [2.05, 4.69) is 4.90 Å². The predicted molar refractivity (Wildman–Crippen MR) is 163 cm³/mol. The van der Waals surface area contributed by atoms with E-state index >= 15 is 0 Å². The summed E-state index contributed by atoms with van der Waals surface area (Å²) in [7, 11) is -3.92. The van der Waals surface area contributed by atoms with Gasteiger partial charge in [-0.2, -0.15) is 0 Å². The van der Waals surface area contributed by atoms with Gasteiger partial charge in [-0.1, -0.05) is 17.7 Å². The molecule has 4 aromatic carbocycles. The van der Waals surface area contributed by atoms with E-state index in [1.54, 1.807) is 60.7 Å². The van der Waals surface area contributed by atoms with Gasteiger partial charge >= 0.3 is 0 Å². The van der Waals surface area contributed by atoms with E-state index in [9.17, 15) is 18.0 Å². The number of hydrogen-bond donors (Lipinski definition) is 0. The number of anilines is 1. The van der Waals surface area contributed by atoms with Crippen molar-refractivity contribution in [3.63, 3.8) is 0 Å². The summed E-state index contributed by atoms with van der Waals surface area (Å²) in [6.45, 7) is 7.80. The maximum atomic E-state index is 13.3. The third-order valence-electron chi connectivity index (χ3n) is 7.52. The average molecular weight is 584 g/mol. The molecule has 0 radical (unpaired) electrons. The van der Waals surface area contributed by atoms with Crippen molar-refractivity contribution in [2.24, 2.45) is 0 Å². The highest BCUT2D eigenvalue weighted by Crippen LogP contribution is 2.31. The van der Waals surface area contributed by atoms with Gasteiger partial charge in [0.25, 0.3) is 0 Å². The van der Waals surface area contributed by atoms with Gasteiger partial charge in [-0.15, -0.1) is 0 Å². The van der Waals surface area contributed by atoms with Gasteiger partial charge in [-0.05, 0) is 106 Å². The standard InChI is InChI=1S/C34H33NO6S/c1-24-4-18-31(19-5-24)42(38,39)34(2,3)33(37)27-10-16-30(17-11-27)41-29-14-8-26(9-15-29)32(36)25-6-12-28(13-7-25)35-20-22-40-23-21-35/h4-19H,20-23H2,1-3H3. The van der Waals surface area contributed by atoms with Gasteiger partial charge in [0.1, 0.15) is 16.2 Å². The Morgan fingerprint density at radius 3 is 1.71 bits per heavy atom. The highest BCUT2D eigenvalue weighted by atomic mass is 32.2. The fraction of sp³-hybridized carbons (Fsp3) is 0.235. The zero-order valence-corrected chi connectivity index (χ0v) is 24.7. The largest absolute Gasteiger partial charge is 0.457 e. The Morgan fingerprint density at radius 1 is 0.714 bits per heavy atom. The van der Waals surface area contributed by atoms with Gasteiger partial charge in [-0.25, -0.2) is 8.42 Å². The molecule has 0 amide bonds. The quantitative estimate of drug-likeness (QED) is 0.214. The Hall–Kier alpha value is -4.27. The molecule has 216 valence electrons. The van der Waals surface area contributed by atoms with Gasteiger partial charge < -0.3 is 14.4 Å². The van der Waals surface area contributed by atoms with Crippen molar-refractivity contribution in [2.45, 2.75) is 30.4 Å². The number of carbonyl (C=O) groups is 2. The molecule has 0 aromatic heterocycles. The molecule has 1 heterocycles. The first-order valence-electron chi connectivity index (χ1n) is 13.8. The van der Waals surface area contributed by atoms with Gasteiger partial charge in [0.2, 0.25) is 0 Å². The lowest BCUT2D eigenvalue weighted by Gasteiger charge is -2.28. The summed E-state index contributed by atoms with van der Waals surface area (Å²) in [5.41, 5.74) is 3.42. The van der Waals surface area contributed by atoms with E-state index in [0.717, 1.165) is 24.3 Å². The summed E-state index contributed by atoms with van der Waals surface area (Å²) < 4.78 is 36.2. The molecular formula is C34H33NO6S. The van der Waals surface area contributed by atoms with Crippen molar-refractivity contribution < 1.29 is 27.5 Å². The van der Waals surface area contributed by atoms with Crippen LogP contribution in [0.2, 0.25) is 0 Å². The van der Waals surface area contributed by atoms with Crippen LogP contribution in [-0.2, 0) is 14.6 Å². The van der Waals surface area contributed by atoms with Crippen LogP contribution >= 0.6 is 0 Å². The number of morpholine rings is 1. The van der Waals surface area contributed by atoms with E-state index in [-0.39, 0.29) is 16.2 Å². The van der Waals surface area contributed by atoms with Gasteiger partial charge in [0.15, 0.2) is 21.4 Å². The summed E-state index contributed by atoms with van der Waals surface area (Å²) in [6, 6.07) is 27.3. The van der Waals surface area contributed by atoms with E-state index in [1.165, 1.54) is 26.0 Å². The van der Waals surface area contributed by atoms with Crippen LogP contribution in [0.5, 0.6) is 11.5 Å². The maximum Gasteiger partial charge on any atom is 0.193 e. The summed E-state index contributed by atoms with van der Waals surface area (Å²) in [6.07, 6.45) is 0. The number of ether oxygens (including phenoxy) is 2. The molecule has 0 bridgehead atoms. The second-order valence-corrected chi connectivity index (χ2v) is 13.3. The van der Waals surface area contributed by atoms with E-state index in [1.807, 2.05) is 31.2 Å². The van der Waals surface area contributed by atoms with Crippen molar-refractivity contribution in [2.75, 3.05) is 31.2 Å². The maximum absolute atomic E-state index is 13.3. The van der Waals surface area contributed by atoms with Crippen molar-refractivity contribution >= 4 is 27.1 Å². The summed E-state index contributed by atoms with van der Waals surface area (Å²) in [4.78, 5) is 28.6. The Balaban J connectivity index is 1.23. The Morgan fingerprint density at radius 2 is 1.19 bits per heavy atom. The third-order valence-corrected chi connectivity index (χ3v) is 9.95. The van der Waals surface area contributed by atoms with E-state index in [0.29, 0.717) is 35.8 Å². The number of carbonyl (C=O) groups excluding carboxylic acids is 2. The van der Waals surface area contributed by atoms with Crippen LogP contribution in [0, 0.1) is 6.92 Å². The highest BCUT2D eigenvalue weighted by molar-refractivity contribution is 7.93. The Labute approximate surface area is 246 Å². The molecule has 0 unspecified atom stereocenters. The normalized spacial score (nSPS) is 13.9. The molecule has 1 saturated heterocycles. The van der Waals surface area contributed by atoms with Crippen LogP contribution in [0.15, 0.2) is 102 Å². The second kappa shape index (κ2) is 11.9. The minimum Gasteiger partial charge on any atom is -0.457 e. The number of rotatable bonds is 9. The molecule has 8 heteroatoms. The lowest BCUT2D eigenvalue weighted by Crippen LogP contribution is -2.40. The number of ketones is 2. The predicted octanol–water partition coefficient (Wildman–Crippen LogP) is 6.29. The van der Waals surface area contributed by atoms with Crippen LogP contribution in [0.4, 0.5) is 5.69 Å². The average Bonchev–Trinajstić information content (AvgIpc) is 3.02. The van der Waals surface area contributed by atoms with Gasteiger partial charge in [0, 0.05) is 35.5 Å². The molecule has 0 atom stereocenters. The number of nitrogens with zero attached hydrogens (tertiary/aromatic N) is 1. The van der Waals surface area contributed by atoms with E-state index < -0.39 is 20.4 Å². The molecule has 0 aliphatic carbocycles. The SMILES string of the molecule is Cc1ccc(S(=O)(=O)C(C)(C)C(=O)c2ccc(Oc3ccc(C(=O)c4ccc(N5CCOCC5)cc4)cc3)cc2)cc1. The van der Waals surface area contributed by atoms with Gasteiger partial charge in [-0.3, -0.25) is 9.59 Å². The molecule has 7 nitrogen and oxygen atoms in total. The Kier molecular flexibility index (Phi) is 8.29. The van der Waals surface area contributed by atoms with Crippen LogP contribution in [0.3, 0.4) is 0 Å². The monoisotopic (exact) mass is 583 g/mol. The number of benzene rings is 4. The number of hydrogen-bond acceptors (Lipinski definition) is 7. The van der Waals surface area contributed by atoms with Crippen molar-refractivity contribution in [3.8, 4) is 11.5 Å². The summed E-state index contributed by atoms with van der Waals surface area (Å²) in [5, 5.41) is 0. The van der Waals surface area contributed by atoms with Crippen molar-refractivity contribution in [3.05, 3.63) is 119 Å². The van der Waals surface area contributed by atoms with Crippen molar-refractivity contribution in [1.29, 1.82) is 0 Å². The first kappa shape index (κ1) is 29.2. The first-order valence-corrected chi connectivity index (χ1v) is 15.3. The molecule has 0 spiro atoms. The molecule has 0 N–H and O–H groups in total. The highest BCUT2D eigenvalue weighted by Gasteiger charge is 2.43. The Bertz CT molecular complexity index is 1670. The second-order valence-electron chi connectivity index (χ2n) is 10.8. The third kappa shape index (κ3) is 6.00. The molecule has 1 aliphatic rings. The molecule has 1 aliphatic heterocycles. The molecule has 0 saturated carbocycles. The minimum atomic E-state index is -3.92. The lowest BCUT2D eigenvalue weighted by molar-refractivity contribution is 0.0953. The smallest absolute Gasteiger partial charge is 0.193 e. The number of Topliss-reactive ketones (excluding diaryl/α,β-unsaturated/α-hetero) is 1. The van der Waals surface area contributed by atoms with Gasteiger partial charge in [0.05, 0.1) is 18.1 Å². The zero-order chi connectivity index (χ0) is 29.9. The fourth-order valence-corrected chi connectivity index (χ4v) is 6.22. The molecule has 1 fully saturated rings. The topological polar surface area (TPSA) is 90.0 Å². The summed E-state index contributed by atoms with van der Waals surface area (Å²) >= 11 is 0. The first-order chi connectivity index (χ1) is 20.1. The molecule has 4 aromatic rings. The van der Waals surface area contributed by atoms with Crippen LogP contribution in [0.1, 0.15) is 45.7 Å². The number of aryl methyl sites for hydroxylation is 1. The van der Waals surface area contributed by atoms with Crippen LogP contribution in [0.25, 0.3) is 0 Å². The number of sulfone groups is 1. The minimum absolute atomic E-state index is 0.0823. The lowest BCUT2D eigenvalue weighted by atomic mass is 10.0. The fourth-order valence-electron chi connectivity index (χ4n) is 4.78. The molecule has 5 rings (SSSR count). The zero-order valence-electron chi connectivity index (χ0n) is 23.9. The molecular weight excluding hydrogens is 550 g/mol. The van der Waals surface area contributed by atoms with E-state index in [4.69, 9.17) is 9.47 Å². The van der Waals surface area contributed by atoms with Crippen LogP contribution in [-0.4, -0.2) is 51.0 Å². The molecule has 42 heavy (non-hydrogen) atoms. The van der Waals surface area contributed by atoms with Crippen LogP contribution < -0.4 is 9.64 Å². The summed E-state index contributed by atoms with van der Waals surface area (Å²) in [5.74, 6) is 0.413.